The average molecular weight is 212 g/mol. The summed E-state index contributed by atoms with van der Waals surface area (Å²) in [6, 6.07) is 2.10. The van der Waals surface area contributed by atoms with Crippen molar-refractivity contribution in [3.8, 4) is 0 Å². The van der Waals surface area contributed by atoms with Crippen molar-refractivity contribution in [1.82, 2.24) is 10.2 Å². The molecule has 15 heavy (non-hydrogen) atoms. The molecule has 0 aliphatic carbocycles. The lowest BCUT2D eigenvalue weighted by Gasteiger charge is -2.41. The molecule has 0 aromatic heterocycles. The second-order valence-corrected chi connectivity index (χ2v) is 5.68. The van der Waals surface area contributed by atoms with E-state index in [-0.39, 0.29) is 0 Å². The zero-order valence-corrected chi connectivity index (χ0v) is 11.1. The fourth-order valence-corrected chi connectivity index (χ4v) is 2.40. The normalized spacial score (nSPS) is 30.8. The molecule has 0 radical (unpaired) electrons. The van der Waals surface area contributed by atoms with E-state index >= 15 is 0 Å². The number of hydrogen-bond acceptors (Lipinski definition) is 2. The summed E-state index contributed by atoms with van der Waals surface area (Å²) in [5.41, 5.74) is 0. The minimum Gasteiger partial charge on any atom is -0.311 e. The first-order valence-corrected chi connectivity index (χ1v) is 6.49. The van der Waals surface area contributed by atoms with Gasteiger partial charge in [0.05, 0.1) is 0 Å². The van der Waals surface area contributed by atoms with Crippen LogP contribution in [0.3, 0.4) is 0 Å². The van der Waals surface area contributed by atoms with Gasteiger partial charge in [-0.05, 0) is 39.5 Å². The quantitative estimate of drug-likeness (QED) is 0.770. The lowest BCUT2D eigenvalue weighted by Crippen LogP contribution is -2.57. The molecule has 2 heteroatoms. The van der Waals surface area contributed by atoms with Gasteiger partial charge in [-0.15, -0.1) is 0 Å². The van der Waals surface area contributed by atoms with E-state index < -0.39 is 0 Å². The maximum Gasteiger partial charge on any atom is 0.0195 e. The Bertz CT molecular complexity index is 179. The molecule has 1 saturated heterocycles. The molecule has 2 nitrogen and oxygen atoms in total. The van der Waals surface area contributed by atoms with Gasteiger partial charge in [0, 0.05) is 31.2 Å². The van der Waals surface area contributed by atoms with Crippen molar-refractivity contribution >= 4 is 0 Å². The van der Waals surface area contributed by atoms with Crippen LogP contribution in [0.15, 0.2) is 0 Å². The van der Waals surface area contributed by atoms with E-state index in [1.807, 2.05) is 0 Å². The molecule has 3 atom stereocenters. The highest BCUT2D eigenvalue weighted by atomic mass is 15.2. The number of nitrogens with one attached hydrogen (secondary N) is 1. The molecule has 0 amide bonds. The standard InChI is InChI=1S/C13H28N2/c1-10(2)6-7-12(4)15-9-11(3)14-8-13(15)5/h10-14H,6-9H2,1-5H3. The van der Waals surface area contributed by atoms with Gasteiger partial charge in [0.25, 0.3) is 0 Å². The minimum atomic E-state index is 0.655. The maximum atomic E-state index is 3.54. The maximum absolute atomic E-state index is 3.54. The van der Waals surface area contributed by atoms with Gasteiger partial charge in [-0.1, -0.05) is 13.8 Å². The molecule has 0 aromatic carbocycles. The van der Waals surface area contributed by atoms with Crippen molar-refractivity contribution in [2.45, 2.75) is 65.6 Å². The first-order valence-electron chi connectivity index (χ1n) is 6.49. The van der Waals surface area contributed by atoms with E-state index in [0.717, 1.165) is 18.5 Å². The first-order chi connectivity index (χ1) is 7.00. The van der Waals surface area contributed by atoms with E-state index in [1.54, 1.807) is 0 Å². The molecule has 3 unspecified atom stereocenters. The molecular weight excluding hydrogens is 184 g/mol. The third-order valence-corrected chi connectivity index (χ3v) is 3.54. The third-order valence-electron chi connectivity index (χ3n) is 3.54. The van der Waals surface area contributed by atoms with Crippen LogP contribution in [0.25, 0.3) is 0 Å². The lowest BCUT2D eigenvalue weighted by molar-refractivity contribution is 0.0957. The second-order valence-electron chi connectivity index (χ2n) is 5.68. The van der Waals surface area contributed by atoms with Crippen LogP contribution in [0.5, 0.6) is 0 Å². The molecule has 1 aliphatic rings. The van der Waals surface area contributed by atoms with Crippen LogP contribution in [-0.2, 0) is 0 Å². The minimum absolute atomic E-state index is 0.655. The zero-order valence-electron chi connectivity index (χ0n) is 11.1. The number of hydrogen-bond donors (Lipinski definition) is 1. The van der Waals surface area contributed by atoms with Gasteiger partial charge >= 0.3 is 0 Å². The number of nitrogens with zero attached hydrogens (tertiary/aromatic N) is 1. The van der Waals surface area contributed by atoms with E-state index in [9.17, 15) is 0 Å². The molecule has 0 aromatic rings. The van der Waals surface area contributed by atoms with E-state index in [0.29, 0.717) is 12.1 Å². The van der Waals surface area contributed by atoms with Crippen LogP contribution in [-0.4, -0.2) is 36.1 Å². The highest BCUT2D eigenvalue weighted by Crippen LogP contribution is 2.16. The van der Waals surface area contributed by atoms with Gasteiger partial charge in [0.1, 0.15) is 0 Å². The zero-order chi connectivity index (χ0) is 11.4. The van der Waals surface area contributed by atoms with Gasteiger partial charge in [0.2, 0.25) is 0 Å². The summed E-state index contributed by atoms with van der Waals surface area (Å²) >= 11 is 0. The topological polar surface area (TPSA) is 15.3 Å². The van der Waals surface area contributed by atoms with Gasteiger partial charge in [0.15, 0.2) is 0 Å². The van der Waals surface area contributed by atoms with Crippen LogP contribution in [0.4, 0.5) is 0 Å². The Kier molecular flexibility index (Phi) is 5.07. The SMILES string of the molecule is CC(C)CCC(C)N1CC(C)NCC1C. The Morgan fingerprint density at radius 3 is 2.47 bits per heavy atom. The lowest BCUT2D eigenvalue weighted by atomic mass is 10.0. The Labute approximate surface area is 95.4 Å². The second kappa shape index (κ2) is 5.86. The fourth-order valence-electron chi connectivity index (χ4n) is 2.40. The molecule has 0 bridgehead atoms. The predicted molar refractivity (Wildman–Crippen MR) is 67.2 cm³/mol. The van der Waals surface area contributed by atoms with Crippen molar-refractivity contribution < 1.29 is 0 Å². The molecule has 1 heterocycles. The summed E-state index contributed by atoms with van der Waals surface area (Å²) in [7, 11) is 0. The Balaban J connectivity index is 2.38. The first kappa shape index (κ1) is 13.0. The Hall–Kier alpha value is -0.0800. The number of rotatable bonds is 4. The molecule has 1 N–H and O–H groups in total. The van der Waals surface area contributed by atoms with Crippen molar-refractivity contribution in [2.75, 3.05) is 13.1 Å². The van der Waals surface area contributed by atoms with Crippen LogP contribution >= 0.6 is 0 Å². The summed E-state index contributed by atoms with van der Waals surface area (Å²) in [4.78, 5) is 2.67. The van der Waals surface area contributed by atoms with E-state index in [4.69, 9.17) is 0 Å². The van der Waals surface area contributed by atoms with Gasteiger partial charge in [-0.25, -0.2) is 0 Å². The Morgan fingerprint density at radius 1 is 1.20 bits per heavy atom. The van der Waals surface area contributed by atoms with Crippen LogP contribution in [0, 0.1) is 5.92 Å². The van der Waals surface area contributed by atoms with Gasteiger partial charge < -0.3 is 5.32 Å². The monoisotopic (exact) mass is 212 g/mol. The molecule has 0 saturated carbocycles. The summed E-state index contributed by atoms with van der Waals surface area (Å²) in [6.45, 7) is 14.0. The summed E-state index contributed by atoms with van der Waals surface area (Å²) < 4.78 is 0. The van der Waals surface area contributed by atoms with E-state index in [1.165, 1.54) is 19.4 Å². The predicted octanol–water partition coefficient (Wildman–Crippen LogP) is 2.49. The van der Waals surface area contributed by atoms with Crippen LogP contribution < -0.4 is 5.32 Å². The van der Waals surface area contributed by atoms with Crippen molar-refractivity contribution in [3.05, 3.63) is 0 Å². The van der Waals surface area contributed by atoms with Crippen LogP contribution in [0.1, 0.15) is 47.5 Å². The highest BCUT2D eigenvalue weighted by Gasteiger charge is 2.25. The molecule has 90 valence electrons. The Morgan fingerprint density at radius 2 is 1.87 bits per heavy atom. The molecule has 1 aliphatic heterocycles. The van der Waals surface area contributed by atoms with E-state index in [2.05, 4.69) is 44.8 Å². The molecule has 1 rings (SSSR count). The summed E-state index contributed by atoms with van der Waals surface area (Å²) in [6.07, 6.45) is 2.70. The smallest absolute Gasteiger partial charge is 0.0195 e. The van der Waals surface area contributed by atoms with Gasteiger partial charge in [-0.3, -0.25) is 4.90 Å². The number of piperazine rings is 1. The largest absolute Gasteiger partial charge is 0.311 e. The van der Waals surface area contributed by atoms with Crippen molar-refractivity contribution in [2.24, 2.45) is 5.92 Å². The third kappa shape index (κ3) is 4.12. The van der Waals surface area contributed by atoms with Crippen molar-refractivity contribution in [3.63, 3.8) is 0 Å². The molecule has 1 fully saturated rings. The van der Waals surface area contributed by atoms with Crippen molar-refractivity contribution in [1.29, 1.82) is 0 Å². The van der Waals surface area contributed by atoms with Crippen LogP contribution in [0.2, 0.25) is 0 Å². The fraction of sp³-hybridized carbons (Fsp3) is 1.00. The molecule has 0 spiro atoms. The summed E-state index contributed by atoms with van der Waals surface area (Å²) in [5, 5.41) is 3.54. The average Bonchev–Trinajstić information content (AvgIpc) is 2.18. The van der Waals surface area contributed by atoms with Gasteiger partial charge in [-0.2, -0.15) is 0 Å². The summed E-state index contributed by atoms with van der Waals surface area (Å²) in [5.74, 6) is 0.836. The molecular formula is C13H28N2. The highest BCUT2D eigenvalue weighted by molar-refractivity contribution is 4.84.